The summed E-state index contributed by atoms with van der Waals surface area (Å²) in [4.78, 5) is 31.1. The molecule has 1 amide bonds. The lowest BCUT2D eigenvalue weighted by Gasteiger charge is -2.04. The minimum Gasteiger partial charge on any atom is -0.344 e. The normalized spacial score (nSPS) is 11.1. The summed E-state index contributed by atoms with van der Waals surface area (Å²) in [5, 5.41) is 16.1. The number of non-ortho nitro benzene ring substituents is 1. The molecule has 148 valence electrons. The van der Waals surface area contributed by atoms with Gasteiger partial charge in [-0.3, -0.25) is 19.9 Å². The zero-order chi connectivity index (χ0) is 21.1. The van der Waals surface area contributed by atoms with Crippen molar-refractivity contribution >= 4 is 28.7 Å². The summed E-state index contributed by atoms with van der Waals surface area (Å²) in [7, 11) is 0. The van der Waals surface area contributed by atoms with E-state index in [4.69, 9.17) is 0 Å². The number of benzene rings is 2. The summed E-state index contributed by atoms with van der Waals surface area (Å²) >= 11 is 0. The van der Waals surface area contributed by atoms with Crippen LogP contribution in [0.15, 0.2) is 72.0 Å². The minimum absolute atomic E-state index is 0.0850. The minimum atomic E-state index is -0.510. The Hall–Kier alpha value is -4.33. The van der Waals surface area contributed by atoms with Crippen molar-refractivity contribution < 1.29 is 9.72 Å². The number of nitro benzene ring substituents is 1. The van der Waals surface area contributed by atoms with Gasteiger partial charge in [-0.2, -0.15) is 5.10 Å². The first-order valence-electron chi connectivity index (χ1n) is 9.15. The molecule has 30 heavy (non-hydrogen) atoms. The molecule has 0 fully saturated rings. The predicted molar refractivity (Wildman–Crippen MR) is 114 cm³/mol. The Morgan fingerprint density at radius 3 is 2.63 bits per heavy atom. The molecule has 0 saturated heterocycles. The van der Waals surface area contributed by atoms with Gasteiger partial charge in [0.05, 0.1) is 16.8 Å². The maximum atomic E-state index is 12.9. The van der Waals surface area contributed by atoms with E-state index < -0.39 is 10.8 Å². The molecule has 4 aromatic rings. The fraction of sp³-hybridized carbons (Fsp3) is 0.0455. The molecule has 0 spiro atoms. The molecule has 0 saturated carbocycles. The summed E-state index contributed by atoms with van der Waals surface area (Å²) in [6.07, 6.45) is 3.05. The molecule has 0 atom stereocenters. The molecule has 8 nitrogen and oxygen atoms in total. The van der Waals surface area contributed by atoms with Gasteiger partial charge in [0, 0.05) is 23.2 Å². The van der Waals surface area contributed by atoms with Crippen LogP contribution in [0.3, 0.4) is 0 Å². The molecule has 0 aliphatic heterocycles. The van der Waals surface area contributed by atoms with Gasteiger partial charge in [-0.05, 0) is 36.2 Å². The van der Waals surface area contributed by atoms with Crippen molar-refractivity contribution in [2.75, 3.05) is 0 Å². The third kappa shape index (κ3) is 3.66. The van der Waals surface area contributed by atoms with Gasteiger partial charge >= 0.3 is 0 Å². The van der Waals surface area contributed by atoms with E-state index >= 15 is 0 Å². The fourth-order valence-corrected chi connectivity index (χ4v) is 3.30. The number of nitrogens with zero attached hydrogens (tertiary/aromatic N) is 3. The van der Waals surface area contributed by atoms with Crippen LogP contribution in [0.5, 0.6) is 0 Å². The summed E-state index contributed by atoms with van der Waals surface area (Å²) in [5.41, 5.74) is 5.54. The van der Waals surface area contributed by atoms with E-state index in [1.807, 2.05) is 42.5 Å². The first kappa shape index (κ1) is 19.0. The number of pyridine rings is 1. The Balaban J connectivity index is 1.82. The molecule has 0 aliphatic rings. The number of hydrazone groups is 1. The van der Waals surface area contributed by atoms with Crippen LogP contribution in [-0.4, -0.2) is 27.0 Å². The maximum absolute atomic E-state index is 12.9. The average molecular weight is 399 g/mol. The third-order valence-corrected chi connectivity index (χ3v) is 4.57. The van der Waals surface area contributed by atoms with E-state index in [0.29, 0.717) is 22.2 Å². The standard InChI is InChI=1S/C22H17N5O3/c1-14-11-17-19(15-7-3-2-4-8-15)21(25-20(17)18(12-14)27(29)30)22(28)26-24-13-16-9-5-6-10-23-16/h2-13,25H,1H3,(H,26,28). The Morgan fingerprint density at radius 2 is 1.93 bits per heavy atom. The maximum Gasteiger partial charge on any atom is 0.293 e. The van der Waals surface area contributed by atoms with E-state index in [1.54, 1.807) is 25.3 Å². The van der Waals surface area contributed by atoms with Crippen molar-refractivity contribution in [2.45, 2.75) is 6.92 Å². The molecule has 0 unspecified atom stereocenters. The quantitative estimate of drug-likeness (QED) is 0.297. The average Bonchev–Trinajstić information content (AvgIpc) is 3.13. The second-order valence-electron chi connectivity index (χ2n) is 6.66. The summed E-state index contributed by atoms with van der Waals surface area (Å²) < 4.78 is 0. The monoisotopic (exact) mass is 399 g/mol. The zero-order valence-electron chi connectivity index (χ0n) is 16.0. The smallest absolute Gasteiger partial charge is 0.293 e. The summed E-state index contributed by atoms with van der Waals surface area (Å²) in [6.45, 7) is 1.78. The molecule has 2 heterocycles. The number of hydrogen-bond donors (Lipinski definition) is 2. The second kappa shape index (κ2) is 7.96. The number of H-pyrrole nitrogens is 1. The second-order valence-corrected chi connectivity index (χ2v) is 6.66. The largest absolute Gasteiger partial charge is 0.344 e. The number of nitro groups is 1. The van der Waals surface area contributed by atoms with Crippen LogP contribution in [0.25, 0.3) is 22.0 Å². The Bertz CT molecular complexity index is 1260. The van der Waals surface area contributed by atoms with Gasteiger partial charge in [-0.25, -0.2) is 5.43 Å². The van der Waals surface area contributed by atoms with Gasteiger partial charge in [-0.15, -0.1) is 0 Å². The van der Waals surface area contributed by atoms with Crippen molar-refractivity contribution in [1.82, 2.24) is 15.4 Å². The van der Waals surface area contributed by atoms with E-state index in [2.05, 4.69) is 20.5 Å². The van der Waals surface area contributed by atoms with Crippen LogP contribution in [0.1, 0.15) is 21.7 Å². The highest BCUT2D eigenvalue weighted by Gasteiger charge is 2.24. The summed E-state index contributed by atoms with van der Waals surface area (Å²) in [6, 6.07) is 17.9. The lowest BCUT2D eigenvalue weighted by atomic mass is 10.00. The highest BCUT2D eigenvalue weighted by atomic mass is 16.6. The highest BCUT2D eigenvalue weighted by Crippen LogP contribution is 2.37. The number of nitrogens with one attached hydrogen (secondary N) is 2. The van der Waals surface area contributed by atoms with Gasteiger partial charge in [0.15, 0.2) is 0 Å². The fourth-order valence-electron chi connectivity index (χ4n) is 3.30. The number of aromatic amines is 1. The molecule has 0 bridgehead atoms. The van der Waals surface area contributed by atoms with Crippen molar-refractivity contribution in [3.8, 4) is 11.1 Å². The van der Waals surface area contributed by atoms with Gasteiger partial charge in [0.2, 0.25) is 0 Å². The lowest BCUT2D eigenvalue weighted by Crippen LogP contribution is -2.19. The molecule has 8 heteroatoms. The van der Waals surface area contributed by atoms with Gasteiger partial charge in [-0.1, -0.05) is 36.4 Å². The van der Waals surface area contributed by atoms with Crippen molar-refractivity contribution in [3.05, 3.63) is 93.9 Å². The number of hydrogen-bond acceptors (Lipinski definition) is 5. The van der Waals surface area contributed by atoms with Gasteiger partial charge in [0.25, 0.3) is 11.6 Å². The van der Waals surface area contributed by atoms with Crippen LogP contribution in [0.2, 0.25) is 0 Å². The van der Waals surface area contributed by atoms with Crippen LogP contribution in [0.4, 0.5) is 5.69 Å². The number of amides is 1. The zero-order valence-corrected chi connectivity index (χ0v) is 16.0. The Kier molecular flexibility index (Phi) is 5.04. The first-order valence-corrected chi connectivity index (χ1v) is 9.15. The van der Waals surface area contributed by atoms with Crippen LogP contribution in [-0.2, 0) is 0 Å². The van der Waals surface area contributed by atoms with E-state index in [0.717, 1.165) is 11.1 Å². The molecule has 0 aliphatic carbocycles. The number of aromatic nitrogens is 2. The Labute approximate surface area is 171 Å². The van der Waals surface area contributed by atoms with Crippen LogP contribution in [0, 0.1) is 17.0 Å². The number of rotatable bonds is 5. The number of carbonyl (C=O) groups excluding carboxylic acids is 1. The van der Waals surface area contributed by atoms with Gasteiger partial charge in [0.1, 0.15) is 11.2 Å². The molecule has 0 radical (unpaired) electrons. The van der Waals surface area contributed by atoms with Crippen molar-refractivity contribution in [2.24, 2.45) is 5.10 Å². The summed E-state index contributed by atoms with van der Waals surface area (Å²) in [5.74, 6) is -0.510. The highest BCUT2D eigenvalue weighted by molar-refractivity contribution is 6.11. The molecule has 2 aromatic carbocycles. The topological polar surface area (TPSA) is 113 Å². The van der Waals surface area contributed by atoms with Gasteiger partial charge < -0.3 is 4.98 Å². The van der Waals surface area contributed by atoms with E-state index in [1.165, 1.54) is 12.3 Å². The third-order valence-electron chi connectivity index (χ3n) is 4.57. The molecule has 2 aromatic heterocycles. The van der Waals surface area contributed by atoms with E-state index in [9.17, 15) is 14.9 Å². The molecular formula is C22H17N5O3. The SMILES string of the molecule is Cc1cc([N+](=O)[O-])c2[nH]c(C(=O)NN=Cc3ccccn3)c(-c3ccccc3)c2c1. The predicted octanol–water partition coefficient (Wildman–Crippen LogP) is 4.21. The molecule has 2 N–H and O–H groups in total. The van der Waals surface area contributed by atoms with E-state index in [-0.39, 0.29) is 11.4 Å². The van der Waals surface area contributed by atoms with Crippen LogP contribution < -0.4 is 5.43 Å². The number of aryl methyl sites for hydroxylation is 1. The Morgan fingerprint density at radius 1 is 1.17 bits per heavy atom. The number of carbonyl (C=O) groups is 1. The van der Waals surface area contributed by atoms with Crippen molar-refractivity contribution in [1.29, 1.82) is 0 Å². The van der Waals surface area contributed by atoms with Crippen molar-refractivity contribution in [3.63, 3.8) is 0 Å². The number of fused-ring (bicyclic) bond motifs is 1. The molecule has 4 rings (SSSR count). The first-order chi connectivity index (χ1) is 14.5. The van der Waals surface area contributed by atoms with Crippen LogP contribution >= 0.6 is 0 Å². The lowest BCUT2D eigenvalue weighted by molar-refractivity contribution is -0.383. The molecular weight excluding hydrogens is 382 g/mol.